The quantitative estimate of drug-likeness (QED) is 0.646. The van der Waals surface area contributed by atoms with Gasteiger partial charge >= 0.3 is 0 Å². The molecule has 0 N–H and O–H groups in total. The van der Waals surface area contributed by atoms with Crippen LogP contribution in [0.1, 0.15) is 38.2 Å². The predicted molar refractivity (Wildman–Crippen MR) is 107 cm³/mol. The molecule has 0 aliphatic carbocycles. The molecule has 1 unspecified atom stereocenters. The lowest BCUT2D eigenvalue weighted by Crippen LogP contribution is -2.42. The second-order valence-electron chi connectivity index (χ2n) is 6.93. The van der Waals surface area contributed by atoms with Crippen molar-refractivity contribution in [1.29, 1.82) is 0 Å². The maximum Gasteiger partial charge on any atom is 0.299 e. The number of piperidine rings is 1. The summed E-state index contributed by atoms with van der Waals surface area (Å²) in [4.78, 5) is 14.7. The number of carbonyl (C=O) groups excluding carboxylic acids is 1. The van der Waals surface area contributed by atoms with Crippen molar-refractivity contribution in [3.05, 3.63) is 60.3 Å². The molecule has 0 radical (unpaired) electrons. The average molecular weight is 357 g/mol. The number of hydrogen-bond donors (Lipinski definition) is 0. The van der Waals surface area contributed by atoms with Gasteiger partial charge in [0.05, 0.1) is 11.1 Å². The molecule has 2 aromatic heterocycles. The number of amides is 1. The average Bonchev–Trinajstić information content (AvgIpc) is 3.11. The van der Waals surface area contributed by atoms with Crippen molar-refractivity contribution in [3.8, 4) is 23.1 Å². The van der Waals surface area contributed by atoms with Crippen molar-refractivity contribution in [1.82, 2.24) is 14.5 Å². The Kier molecular flexibility index (Phi) is 4.93. The minimum absolute atomic E-state index is 0.0733. The van der Waals surface area contributed by atoms with Crippen LogP contribution in [-0.2, 0) is 4.79 Å². The second-order valence-corrected chi connectivity index (χ2v) is 6.93. The maximum atomic E-state index is 12.8. The fourth-order valence-corrected chi connectivity index (χ4v) is 3.80. The summed E-state index contributed by atoms with van der Waals surface area (Å²) in [7, 11) is 0. The number of aromatic nitrogens is 2. The monoisotopic (exact) mass is 357 g/mol. The van der Waals surface area contributed by atoms with E-state index in [1.54, 1.807) is 0 Å². The molecular weight excluding hydrogens is 334 g/mol. The minimum atomic E-state index is -0.0733. The molecule has 1 atom stereocenters. The molecule has 4 nitrogen and oxygen atoms in total. The molecule has 1 aliphatic heterocycles. The van der Waals surface area contributed by atoms with E-state index in [9.17, 15) is 4.79 Å². The summed E-state index contributed by atoms with van der Waals surface area (Å²) in [6, 6.07) is 16.2. The largest absolute Gasteiger partial charge is 0.329 e. The topological polar surface area (TPSA) is 37.6 Å². The number of nitrogens with zero attached hydrogens (tertiary/aromatic N) is 3. The minimum Gasteiger partial charge on any atom is -0.329 e. The van der Waals surface area contributed by atoms with Crippen molar-refractivity contribution in [2.45, 2.75) is 38.6 Å². The standard InChI is InChI=1S/C23H23N3O/c1-2-19-12-6-8-16-25(19)22(27)15-14-20-21-13-7-9-17-26(21)24-23(20)18-10-4-3-5-11-18/h3-5,7,9-11,13,17,19H,2,6,8,12,16H2,1H3. The first-order valence-corrected chi connectivity index (χ1v) is 9.63. The summed E-state index contributed by atoms with van der Waals surface area (Å²) in [5.74, 6) is 5.98. The van der Waals surface area contributed by atoms with Gasteiger partial charge in [0.25, 0.3) is 5.91 Å². The van der Waals surface area contributed by atoms with E-state index < -0.39 is 0 Å². The van der Waals surface area contributed by atoms with Gasteiger partial charge in [0.2, 0.25) is 0 Å². The molecule has 0 saturated carbocycles. The van der Waals surface area contributed by atoms with Crippen LogP contribution in [0.5, 0.6) is 0 Å². The van der Waals surface area contributed by atoms with Crippen LogP contribution in [0, 0.1) is 11.8 Å². The molecule has 3 heterocycles. The van der Waals surface area contributed by atoms with Crippen molar-refractivity contribution >= 4 is 11.4 Å². The third-order valence-corrected chi connectivity index (χ3v) is 5.24. The van der Waals surface area contributed by atoms with E-state index in [1.807, 2.05) is 64.1 Å². The smallest absolute Gasteiger partial charge is 0.299 e. The number of pyridine rings is 1. The lowest BCUT2D eigenvalue weighted by molar-refractivity contribution is -0.128. The zero-order chi connectivity index (χ0) is 18.6. The summed E-state index contributed by atoms with van der Waals surface area (Å²) in [6.07, 6.45) is 6.24. The molecule has 0 bridgehead atoms. The molecule has 1 amide bonds. The Hall–Kier alpha value is -3.06. The Morgan fingerprint density at radius 3 is 2.78 bits per heavy atom. The molecule has 0 spiro atoms. The van der Waals surface area contributed by atoms with E-state index in [0.29, 0.717) is 6.04 Å². The first kappa shape index (κ1) is 17.4. The highest BCUT2D eigenvalue weighted by Gasteiger charge is 2.24. The van der Waals surface area contributed by atoms with Crippen LogP contribution in [0.3, 0.4) is 0 Å². The van der Waals surface area contributed by atoms with Gasteiger partial charge in [0, 0.05) is 30.3 Å². The van der Waals surface area contributed by atoms with Crippen LogP contribution in [0.4, 0.5) is 0 Å². The van der Waals surface area contributed by atoms with E-state index >= 15 is 0 Å². The highest BCUT2D eigenvalue weighted by atomic mass is 16.2. The number of fused-ring (bicyclic) bond motifs is 1. The molecule has 4 rings (SSSR count). The first-order valence-electron chi connectivity index (χ1n) is 9.63. The van der Waals surface area contributed by atoms with Gasteiger partial charge in [-0.05, 0) is 37.8 Å². The van der Waals surface area contributed by atoms with Crippen molar-refractivity contribution < 1.29 is 4.79 Å². The zero-order valence-corrected chi connectivity index (χ0v) is 15.6. The summed E-state index contributed by atoms with van der Waals surface area (Å²) < 4.78 is 1.83. The Bertz CT molecular complexity index is 1010. The summed E-state index contributed by atoms with van der Waals surface area (Å²) in [6.45, 7) is 2.95. The van der Waals surface area contributed by atoms with E-state index in [0.717, 1.165) is 48.1 Å². The first-order chi connectivity index (χ1) is 13.3. The van der Waals surface area contributed by atoms with Gasteiger partial charge in [0.1, 0.15) is 5.69 Å². The fraction of sp³-hybridized carbons (Fsp3) is 0.304. The molecule has 1 aliphatic rings. The number of rotatable bonds is 2. The number of likely N-dealkylation sites (tertiary alicyclic amines) is 1. The Morgan fingerprint density at radius 2 is 1.96 bits per heavy atom. The van der Waals surface area contributed by atoms with E-state index in [2.05, 4.69) is 18.8 Å². The van der Waals surface area contributed by atoms with E-state index in [1.165, 1.54) is 6.42 Å². The highest BCUT2D eigenvalue weighted by molar-refractivity contribution is 5.95. The Morgan fingerprint density at radius 1 is 1.15 bits per heavy atom. The van der Waals surface area contributed by atoms with E-state index in [-0.39, 0.29) is 5.91 Å². The SMILES string of the molecule is CCC1CCCCN1C(=O)C#Cc1c(-c2ccccc2)nn2ccccc12. The van der Waals surface area contributed by atoms with Crippen LogP contribution in [-0.4, -0.2) is 33.0 Å². The van der Waals surface area contributed by atoms with Gasteiger partial charge in [-0.2, -0.15) is 5.10 Å². The molecule has 27 heavy (non-hydrogen) atoms. The third-order valence-electron chi connectivity index (χ3n) is 5.24. The molecular formula is C23H23N3O. The summed E-state index contributed by atoms with van der Waals surface area (Å²) >= 11 is 0. The fourth-order valence-electron chi connectivity index (χ4n) is 3.80. The van der Waals surface area contributed by atoms with Gasteiger partial charge in [-0.25, -0.2) is 4.52 Å². The molecule has 1 aromatic carbocycles. The summed E-state index contributed by atoms with van der Waals surface area (Å²) in [5, 5.41) is 4.69. The second kappa shape index (κ2) is 7.67. The highest BCUT2D eigenvalue weighted by Crippen LogP contribution is 2.25. The molecule has 3 aromatic rings. The molecule has 1 fully saturated rings. The van der Waals surface area contributed by atoms with Crippen LogP contribution >= 0.6 is 0 Å². The Labute approximate surface area is 159 Å². The van der Waals surface area contributed by atoms with Gasteiger partial charge in [0.15, 0.2) is 0 Å². The van der Waals surface area contributed by atoms with Crippen LogP contribution in [0.2, 0.25) is 0 Å². The Balaban J connectivity index is 1.74. The molecule has 1 saturated heterocycles. The van der Waals surface area contributed by atoms with E-state index in [4.69, 9.17) is 5.10 Å². The van der Waals surface area contributed by atoms with Crippen molar-refractivity contribution in [2.24, 2.45) is 0 Å². The van der Waals surface area contributed by atoms with Crippen LogP contribution in [0.25, 0.3) is 16.8 Å². The summed E-state index contributed by atoms with van der Waals surface area (Å²) in [5.41, 5.74) is 3.54. The van der Waals surface area contributed by atoms with Gasteiger partial charge < -0.3 is 4.90 Å². The maximum absolute atomic E-state index is 12.8. The molecule has 4 heteroatoms. The zero-order valence-electron chi connectivity index (χ0n) is 15.6. The van der Waals surface area contributed by atoms with Gasteiger partial charge in [-0.3, -0.25) is 4.79 Å². The predicted octanol–water partition coefficient (Wildman–Crippen LogP) is 4.14. The van der Waals surface area contributed by atoms with Gasteiger partial charge in [-0.1, -0.05) is 49.2 Å². The van der Waals surface area contributed by atoms with Crippen molar-refractivity contribution in [3.63, 3.8) is 0 Å². The number of hydrogen-bond acceptors (Lipinski definition) is 2. The lowest BCUT2D eigenvalue weighted by Gasteiger charge is -2.33. The van der Waals surface area contributed by atoms with Crippen LogP contribution in [0.15, 0.2) is 54.7 Å². The van der Waals surface area contributed by atoms with Gasteiger partial charge in [-0.15, -0.1) is 0 Å². The molecule has 136 valence electrons. The van der Waals surface area contributed by atoms with Crippen LogP contribution < -0.4 is 0 Å². The number of carbonyl (C=O) groups is 1. The van der Waals surface area contributed by atoms with Crippen molar-refractivity contribution in [2.75, 3.05) is 6.54 Å². The normalized spacial score (nSPS) is 16.8. The number of benzene rings is 1. The lowest BCUT2D eigenvalue weighted by atomic mass is 10.00. The third kappa shape index (κ3) is 3.46.